The van der Waals surface area contributed by atoms with Gasteiger partial charge in [0.15, 0.2) is 17.2 Å². The molecule has 0 unspecified atom stereocenters. The Morgan fingerprint density at radius 1 is 1.19 bits per heavy atom. The molecule has 3 N–H and O–H groups in total. The molecule has 6 heteroatoms. The molecule has 3 rings (SSSR count). The molecule has 0 saturated heterocycles. The van der Waals surface area contributed by atoms with Gasteiger partial charge in [-0.2, -0.15) is 0 Å². The van der Waals surface area contributed by atoms with Crippen LogP contribution in [0.1, 0.15) is 31.2 Å². The van der Waals surface area contributed by atoms with Crippen LogP contribution in [0.4, 0.5) is 10.1 Å². The van der Waals surface area contributed by atoms with Crippen molar-refractivity contribution in [2.75, 3.05) is 12.4 Å². The number of ether oxygens (including phenoxy) is 2. The summed E-state index contributed by atoms with van der Waals surface area (Å²) in [6.45, 7) is 1.95. The highest BCUT2D eigenvalue weighted by Crippen LogP contribution is 2.36. The predicted molar refractivity (Wildman–Crippen MR) is 103 cm³/mol. The monoisotopic (exact) mass is 372 g/mol. The third-order valence-corrected chi connectivity index (χ3v) is 4.92. The van der Waals surface area contributed by atoms with Gasteiger partial charge in [0.05, 0.1) is 12.8 Å². The fraction of sp³-hybridized carbons (Fsp3) is 0.381. The zero-order valence-electron chi connectivity index (χ0n) is 15.6. The highest BCUT2D eigenvalue weighted by molar-refractivity contribution is 5.92. The second-order valence-corrected chi connectivity index (χ2v) is 7.00. The van der Waals surface area contributed by atoms with Gasteiger partial charge in [0, 0.05) is 18.5 Å². The molecule has 2 atom stereocenters. The summed E-state index contributed by atoms with van der Waals surface area (Å²) in [5.74, 6) is 0.925. The molecule has 1 amide bonds. The minimum atomic E-state index is -0.453. The Morgan fingerprint density at radius 2 is 1.96 bits per heavy atom. The summed E-state index contributed by atoms with van der Waals surface area (Å²) in [6, 6.07) is 9.60. The Hall–Kier alpha value is -2.60. The van der Waals surface area contributed by atoms with E-state index in [4.69, 9.17) is 15.2 Å². The molecule has 0 aliphatic heterocycles. The number of carbonyl (C=O) groups is 1. The summed E-state index contributed by atoms with van der Waals surface area (Å²) in [5.41, 5.74) is 7.36. The zero-order chi connectivity index (χ0) is 19.4. The SMILES string of the molecule is COc1cc(C)ccc1Oc1ccc(F)cc1NC(=O)C[C@@H]1CCC[C@H]1N. The van der Waals surface area contributed by atoms with E-state index in [1.807, 2.05) is 19.1 Å². The van der Waals surface area contributed by atoms with Gasteiger partial charge in [-0.25, -0.2) is 4.39 Å². The normalized spacial score (nSPS) is 19.0. The van der Waals surface area contributed by atoms with E-state index in [1.165, 1.54) is 18.2 Å². The Labute approximate surface area is 158 Å². The third-order valence-electron chi connectivity index (χ3n) is 4.92. The van der Waals surface area contributed by atoms with E-state index in [1.54, 1.807) is 13.2 Å². The molecule has 1 saturated carbocycles. The number of nitrogens with two attached hydrogens (primary N) is 1. The molecule has 0 radical (unpaired) electrons. The third kappa shape index (κ3) is 4.77. The largest absolute Gasteiger partial charge is 0.493 e. The number of halogens is 1. The Bertz CT molecular complexity index is 825. The smallest absolute Gasteiger partial charge is 0.224 e. The maximum Gasteiger partial charge on any atom is 0.224 e. The molecular weight excluding hydrogens is 347 g/mol. The van der Waals surface area contributed by atoms with Gasteiger partial charge in [-0.05, 0) is 55.5 Å². The number of carbonyl (C=O) groups excluding carboxylic acids is 1. The van der Waals surface area contributed by atoms with E-state index in [0.717, 1.165) is 24.8 Å². The minimum absolute atomic E-state index is 0.0517. The van der Waals surface area contributed by atoms with Gasteiger partial charge >= 0.3 is 0 Å². The van der Waals surface area contributed by atoms with Crippen molar-refractivity contribution in [1.82, 2.24) is 0 Å². The first-order valence-corrected chi connectivity index (χ1v) is 9.13. The molecule has 2 aromatic carbocycles. The number of anilines is 1. The number of nitrogens with one attached hydrogen (secondary N) is 1. The van der Waals surface area contributed by atoms with Crippen LogP contribution in [0.15, 0.2) is 36.4 Å². The van der Waals surface area contributed by atoms with E-state index in [2.05, 4.69) is 5.32 Å². The van der Waals surface area contributed by atoms with Crippen LogP contribution >= 0.6 is 0 Å². The van der Waals surface area contributed by atoms with Crippen molar-refractivity contribution in [2.45, 2.75) is 38.6 Å². The first-order valence-electron chi connectivity index (χ1n) is 9.13. The first-order chi connectivity index (χ1) is 13.0. The summed E-state index contributed by atoms with van der Waals surface area (Å²) in [6.07, 6.45) is 3.26. The standard InChI is InChI=1S/C21H25FN2O3/c1-13-6-8-19(20(10-13)26-2)27-18-9-7-15(22)12-17(18)24-21(25)11-14-4-3-5-16(14)23/h6-10,12,14,16H,3-5,11,23H2,1-2H3,(H,24,25)/t14-,16+/m0/s1. The summed E-state index contributed by atoms with van der Waals surface area (Å²) >= 11 is 0. The molecule has 0 aromatic heterocycles. The van der Waals surface area contributed by atoms with Crippen molar-refractivity contribution in [3.8, 4) is 17.2 Å². The number of hydrogen-bond acceptors (Lipinski definition) is 4. The maximum absolute atomic E-state index is 13.8. The lowest BCUT2D eigenvalue weighted by Crippen LogP contribution is -2.28. The molecule has 1 aliphatic rings. The molecule has 0 bridgehead atoms. The number of aryl methyl sites for hydroxylation is 1. The van der Waals surface area contributed by atoms with E-state index < -0.39 is 5.82 Å². The topological polar surface area (TPSA) is 73.6 Å². The van der Waals surface area contributed by atoms with Crippen molar-refractivity contribution in [2.24, 2.45) is 11.7 Å². The number of amides is 1. The van der Waals surface area contributed by atoms with E-state index in [-0.39, 0.29) is 23.6 Å². The summed E-state index contributed by atoms with van der Waals surface area (Å²) in [7, 11) is 1.56. The highest BCUT2D eigenvalue weighted by atomic mass is 19.1. The molecule has 0 spiro atoms. The minimum Gasteiger partial charge on any atom is -0.493 e. The van der Waals surface area contributed by atoms with Gasteiger partial charge in [0.1, 0.15) is 5.82 Å². The van der Waals surface area contributed by atoms with Gasteiger partial charge in [0.25, 0.3) is 0 Å². The lowest BCUT2D eigenvalue weighted by molar-refractivity contribution is -0.117. The predicted octanol–water partition coefficient (Wildman–Crippen LogP) is 4.39. The molecule has 1 aliphatic carbocycles. The Morgan fingerprint density at radius 3 is 2.67 bits per heavy atom. The van der Waals surface area contributed by atoms with Crippen molar-refractivity contribution >= 4 is 11.6 Å². The molecule has 5 nitrogen and oxygen atoms in total. The zero-order valence-corrected chi connectivity index (χ0v) is 15.6. The molecule has 27 heavy (non-hydrogen) atoms. The van der Waals surface area contributed by atoms with Gasteiger partial charge in [-0.3, -0.25) is 4.79 Å². The summed E-state index contributed by atoms with van der Waals surface area (Å²) < 4.78 is 25.0. The van der Waals surface area contributed by atoms with Crippen molar-refractivity contribution in [3.63, 3.8) is 0 Å². The number of rotatable bonds is 6. The van der Waals surface area contributed by atoms with Gasteiger partial charge in [-0.1, -0.05) is 12.5 Å². The van der Waals surface area contributed by atoms with Crippen LogP contribution in [0, 0.1) is 18.7 Å². The van der Waals surface area contributed by atoms with Crippen LogP contribution in [0.5, 0.6) is 17.2 Å². The number of hydrogen-bond donors (Lipinski definition) is 2. The fourth-order valence-corrected chi connectivity index (χ4v) is 3.42. The Kier molecular flexibility index (Phi) is 5.96. The average Bonchev–Trinajstić information content (AvgIpc) is 3.03. The molecule has 2 aromatic rings. The van der Waals surface area contributed by atoms with Gasteiger partial charge < -0.3 is 20.5 Å². The van der Waals surface area contributed by atoms with Gasteiger partial charge in [-0.15, -0.1) is 0 Å². The van der Waals surface area contributed by atoms with E-state index in [9.17, 15) is 9.18 Å². The van der Waals surface area contributed by atoms with Crippen LogP contribution < -0.4 is 20.5 Å². The van der Waals surface area contributed by atoms with Crippen molar-refractivity contribution < 1.29 is 18.7 Å². The molecular formula is C21H25FN2O3. The maximum atomic E-state index is 13.8. The van der Waals surface area contributed by atoms with Crippen LogP contribution in [0.25, 0.3) is 0 Å². The second-order valence-electron chi connectivity index (χ2n) is 7.00. The van der Waals surface area contributed by atoms with Crippen LogP contribution in [-0.2, 0) is 4.79 Å². The van der Waals surface area contributed by atoms with Crippen molar-refractivity contribution in [3.05, 3.63) is 47.8 Å². The van der Waals surface area contributed by atoms with Crippen molar-refractivity contribution in [1.29, 1.82) is 0 Å². The quantitative estimate of drug-likeness (QED) is 0.789. The van der Waals surface area contributed by atoms with Crippen LogP contribution in [0.3, 0.4) is 0 Å². The highest BCUT2D eigenvalue weighted by Gasteiger charge is 2.26. The average molecular weight is 372 g/mol. The first kappa shape index (κ1) is 19.2. The molecule has 0 heterocycles. The van der Waals surface area contributed by atoms with Crippen LogP contribution in [-0.4, -0.2) is 19.1 Å². The summed E-state index contributed by atoms with van der Waals surface area (Å²) in [5, 5.41) is 2.77. The van der Waals surface area contributed by atoms with Crippen LogP contribution in [0.2, 0.25) is 0 Å². The fourth-order valence-electron chi connectivity index (χ4n) is 3.42. The van der Waals surface area contributed by atoms with E-state index >= 15 is 0 Å². The second kappa shape index (κ2) is 8.39. The number of benzene rings is 2. The molecule has 1 fully saturated rings. The number of methoxy groups -OCH3 is 1. The lowest BCUT2D eigenvalue weighted by atomic mass is 10.00. The van der Waals surface area contributed by atoms with E-state index in [0.29, 0.717) is 23.7 Å². The molecule has 144 valence electrons. The Balaban J connectivity index is 1.78. The summed E-state index contributed by atoms with van der Waals surface area (Å²) in [4.78, 5) is 12.4. The van der Waals surface area contributed by atoms with Gasteiger partial charge in [0.2, 0.25) is 5.91 Å². The lowest BCUT2D eigenvalue weighted by Gasteiger charge is -2.17.